The number of nitrogens with zero attached hydrogens (tertiary/aromatic N) is 1. The molecule has 0 heterocycles. The van der Waals surface area contributed by atoms with Crippen molar-refractivity contribution in [1.82, 2.24) is 4.31 Å². The van der Waals surface area contributed by atoms with Gasteiger partial charge in [0, 0.05) is 29.7 Å². The second-order valence-electron chi connectivity index (χ2n) is 5.77. The number of amides is 1. The standard InChI is InChI=1S/C18H21ClN2O3S/c1-14(15-6-4-3-5-7-15)21(25(2,23)24)13-12-18(22)20-17-10-8-16(19)9-11-17/h3-11,14H,12-13H2,1-2H3,(H,20,22). The van der Waals surface area contributed by atoms with E-state index in [9.17, 15) is 13.2 Å². The summed E-state index contributed by atoms with van der Waals surface area (Å²) >= 11 is 5.81. The zero-order chi connectivity index (χ0) is 18.4. The zero-order valence-electron chi connectivity index (χ0n) is 14.1. The molecule has 0 bridgehead atoms. The maximum Gasteiger partial charge on any atom is 0.225 e. The minimum atomic E-state index is -3.45. The van der Waals surface area contributed by atoms with Gasteiger partial charge in [0.2, 0.25) is 15.9 Å². The highest BCUT2D eigenvalue weighted by molar-refractivity contribution is 7.88. The number of anilines is 1. The minimum absolute atomic E-state index is 0.0624. The topological polar surface area (TPSA) is 66.5 Å². The Balaban J connectivity index is 2.03. The maximum atomic E-state index is 12.1. The molecule has 1 amide bonds. The summed E-state index contributed by atoms with van der Waals surface area (Å²) in [5.41, 5.74) is 1.50. The third-order valence-corrected chi connectivity index (χ3v) is 5.43. The molecule has 0 aromatic heterocycles. The number of halogens is 1. The molecule has 0 aliphatic carbocycles. The Kier molecular flexibility index (Phi) is 6.58. The molecule has 0 aliphatic heterocycles. The van der Waals surface area contributed by atoms with Crippen LogP contribution in [0.15, 0.2) is 54.6 Å². The normalized spacial score (nSPS) is 12.8. The molecule has 134 valence electrons. The number of benzene rings is 2. The highest BCUT2D eigenvalue weighted by Crippen LogP contribution is 2.23. The molecule has 0 fully saturated rings. The van der Waals surface area contributed by atoms with Gasteiger partial charge in [-0.2, -0.15) is 4.31 Å². The van der Waals surface area contributed by atoms with E-state index in [1.807, 2.05) is 37.3 Å². The van der Waals surface area contributed by atoms with Crippen molar-refractivity contribution in [2.45, 2.75) is 19.4 Å². The molecule has 1 unspecified atom stereocenters. The number of carbonyl (C=O) groups is 1. The van der Waals surface area contributed by atoms with Crippen molar-refractivity contribution in [3.8, 4) is 0 Å². The molecule has 0 aliphatic rings. The average molecular weight is 381 g/mol. The van der Waals surface area contributed by atoms with Gasteiger partial charge < -0.3 is 5.32 Å². The largest absolute Gasteiger partial charge is 0.326 e. The second-order valence-corrected chi connectivity index (χ2v) is 8.14. The molecule has 0 saturated heterocycles. The number of sulfonamides is 1. The van der Waals surface area contributed by atoms with Gasteiger partial charge in [-0.25, -0.2) is 8.42 Å². The fourth-order valence-electron chi connectivity index (χ4n) is 2.51. The minimum Gasteiger partial charge on any atom is -0.326 e. The Labute approximate surface area is 153 Å². The van der Waals surface area contributed by atoms with E-state index < -0.39 is 10.0 Å². The fraction of sp³-hybridized carbons (Fsp3) is 0.278. The zero-order valence-corrected chi connectivity index (χ0v) is 15.7. The summed E-state index contributed by atoms with van der Waals surface area (Å²) in [5, 5.41) is 3.32. The summed E-state index contributed by atoms with van der Waals surface area (Å²) in [6.45, 7) is 1.92. The lowest BCUT2D eigenvalue weighted by atomic mass is 10.1. The van der Waals surface area contributed by atoms with Gasteiger partial charge in [-0.1, -0.05) is 41.9 Å². The van der Waals surface area contributed by atoms with Crippen molar-refractivity contribution in [3.63, 3.8) is 0 Å². The first-order valence-corrected chi connectivity index (χ1v) is 10.1. The lowest BCUT2D eigenvalue weighted by Gasteiger charge is -2.27. The van der Waals surface area contributed by atoms with Gasteiger partial charge in [0.1, 0.15) is 0 Å². The molecular formula is C18H21ClN2O3S. The van der Waals surface area contributed by atoms with Crippen molar-refractivity contribution >= 4 is 33.2 Å². The van der Waals surface area contributed by atoms with E-state index in [0.717, 1.165) is 11.8 Å². The summed E-state index contributed by atoms with van der Waals surface area (Å²) < 4.78 is 25.6. The molecule has 0 radical (unpaired) electrons. The lowest BCUT2D eigenvalue weighted by Crippen LogP contribution is -2.35. The second kappa shape index (κ2) is 8.47. The number of hydrogen-bond donors (Lipinski definition) is 1. The molecule has 0 saturated carbocycles. The van der Waals surface area contributed by atoms with E-state index in [0.29, 0.717) is 10.7 Å². The van der Waals surface area contributed by atoms with E-state index >= 15 is 0 Å². The first-order valence-electron chi connectivity index (χ1n) is 7.84. The molecule has 1 N–H and O–H groups in total. The van der Waals surface area contributed by atoms with Crippen LogP contribution in [-0.4, -0.2) is 31.4 Å². The molecule has 5 nitrogen and oxygen atoms in total. The number of carbonyl (C=O) groups excluding carboxylic acids is 1. The summed E-state index contributed by atoms with van der Waals surface area (Å²) in [4.78, 5) is 12.1. The molecule has 2 aromatic carbocycles. The summed E-state index contributed by atoms with van der Waals surface area (Å²) in [6.07, 6.45) is 1.22. The van der Waals surface area contributed by atoms with Gasteiger partial charge in [0.05, 0.1) is 6.26 Å². The predicted octanol–water partition coefficient (Wildman–Crippen LogP) is 3.69. The van der Waals surface area contributed by atoms with Crippen molar-refractivity contribution in [3.05, 3.63) is 65.2 Å². The van der Waals surface area contributed by atoms with Crippen LogP contribution in [0.25, 0.3) is 0 Å². The molecule has 2 rings (SSSR count). The summed E-state index contributed by atoms with van der Waals surface area (Å²) in [5.74, 6) is -0.253. The van der Waals surface area contributed by atoms with Crippen LogP contribution < -0.4 is 5.32 Å². The number of hydrogen-bond acceptors (Lipinski definition) is 3. The van der Waals surface area contributed by atoms with Crippen LogP contribution >= 0.6 is 11.6 Å². The van der Waals surface area contributed by atoms with Crippen LogP contribution in [0, 0.1) is 0 Å². The van der Waals surface area contributed by atoms with Crippen LogP contribution in [0.2, 0.25) is 5.02 Å². The molecule has 25 heavy (non-hydrogen) atoms. The van der Waals surface area contributed by atoms with E-state index in [4.69, 9.17) is 11.6 Å². The molecule has 7 heteroatoms. The van der Waals surface area contributed by atoms with E-state index in [1.54, 1.807) is 24.3 Å². The van der Waals surface area contributed by atoms with Crippen molar-refractivity contribution in [1.29, 1.82) is 0 Å². The smallest absolute Gasteiger partial charge is 0.225 e. The van der Waals surface area contributed by atoms with Crippen LogP contribution in [0.5, 0.6) is 0 Å². The first-order chi connectivity index (χ1) is 11.8. The Hall–Kier alpha value is -1.89. The van der Waals surface area contributed by atoms with E-state index in [2.05, 4.69) is 5.32 Å². The van der Waals surface area contributed by atoms with Gasteiger partial charge in [-0.15, -0.1) is 0 Å². The number of nitrogens with one attached hydrogen (secondary N) is 1. The van der Waals surface area contributed by atoms with Crippen molar-refractivity contribution in [2.75, 3.05) is 18.1 Å². The first kappa shape index (κ1) is 19.4. The van der Waals surface area contributed by atoms with Crippen LogP contribution in [0.3, 0.4) is 0 Å². The molecule has 1 atom stereocenters. The van der Waals surface area contributed by atoms with Gasteiger partial charge in [-0.3, -0.25) is 4.79 Å². The summed E-state index contributed by atoms with van der Waals surface area (Å²) in [7, 11) is -3.45. The Bertz CT molecular complexity index is 808. The molecule has 2 aromatic rings. The van der Waals surface area contributed by atoms with Gasteiger partial charge in [0.25, 0.3) is 0 Å². The number of rotatable bonds is 7. The monoisotopic (exact) mass is 380 g/mol. The van der Waals surface area contributed by atoms with Gasteiger partial charge in [-0.05, 0) is 36.8 Å². The van der Waals surface area contributed by atoms with Gasteiger partial charge in [0.15, 0.2) is 0 Å². The lowest BCUT2D eigenvalue weighted by molar-refractivity contribution is -0.116. The Morgan fingerprint density at radius 3 is 2.28 bits per heavy atom. The third-order valence-electron chi connectivity index (χ3n) is 3.83. The molecular weight excluding hydrogens is 360 g/mol. The summed E-state index contributed by atoms with van der Waals surface area (Å²) in [6, 6.07) is 15.7. The average Bonchev–Trinajstić information content (AvgIpc) is 2.56. The van der Waals surface area contributed by atoms with E-state index in [1.165, 1.54) is 4.31 Å². The maximum absolute atomic E-state index is 12.1. The van der Waals surface area contributed by atoms with Crippen LogP contribution in [0.1, 0.15) is 24.9 Å². The third kappa shape index (κ3) is 5.85. The fourth-order valence-corrected chi connectivity index (χ4v) is 3.76. The highest BCUT2D eigenvalue weighted by Gasteiger charge is 2.25. The quantitative estimate of drug-likeness (QED) is 0.796. The van der Waals surface area contributed by atoms with Gasteiger partial charge >= 0.3 is 0 Å². The SMILES string of the molecule is CC(c1ccccc1)N(CCC(=O)Nc1ccc(Cl)cc1)S(C)(=O)=O. The van der Waals surface area contributed by atoms with Crippen LogP contribution in [0.4, 0.5) is 5.69 Å². The predicted molar refractivity (Wildman–Crippen MR) is 101 cm³/mol. The highest BCUT2D eigenvalue weighted by atomic mass is 35.5. The van der Waals surface area contributed by atoms with Crippen molar-refractivity contribution in [2.24, 2.45) is 0 Å². The van der Waals surface area contributed by atoms with Crippen LogP contribution in [-0.2, 0) is 14.8 Å². The Morgan fingerprint density at radius 2 is 1.72 bits per heavy atom. The Morgan fingerprint density at radius 1 is 1.12 bits per heavy atom. The molecule has 0 spiro atoms. The van der Waals surface area contributed by atoms with Crippen molar-refractivity contribution < 1.29 is 13.2 Å². The van der Waals surface area contributed by atoms with E-state index in [-0.39, 0.29) is 24.9 Å².